The van der Waals surface area contributed by atoms with Gasteiger partial charge in [0.05, 0.1) is 9.58 Å². The van der Waals surface area contributed by atoms with E-state index in [0.29, 0.717) is 4.88 Å². The summed E-state index contributed by atoms with van der Waals surface area (Å²) >= 11 is 3.14. The Bertz CT molecular complexity index is 794. The third-order valence-electron chi connectivity index (χ3n) is 3.11. The molecule has 2 heterocycles. The summed E-state index contributed by atoms with van der Waals surface area (Å²) < 4.78 is 1.03. The normalized spacial score (nSPS) is 10.8. The Morgan fingerprint density at radius 2 is 2.00 bits per heavy atom. The van der Waals surface area contributed by atoms with Gasteiger partial charge < -0.3 is 5.32 Å². The van der Waals surface area contributed by atoms with Gasteiger partial charge in [0.15, 0.2) is 0 Å². The number of nitrogens with one attached hydrogen (secondary N) is 1. The topological polar surface area (TPSA) is 42.0 Å². The summed E-state index contributed by atoms with van der Waals surface area (Å²) in [4.78, 5) is 19.0. The number of rotatable bonds is 3. The number of fused-ring (bicyclic) bond motifs is 1. The Hall–Kier alpha value is -1.85. The number of carbonyl (C=O) groups excluding carboxylic acids is 1. The average molecular weight is 314 g/mol. The number of aryl methyl sites for hydroxylation is 1. The molecular formula is C16H14N2OS2. The molecule has 0 bridgehead atoms. The third kappa shape index (κ3) is 2.94. The lowest BCUT2D eigenvalue weighted by molar-refractivity contribution is 0.0967. The molecule has 3 nitrogen and oxygen atoms in total. The number of hydrogen-bond donors (Lipinski definition) is 1. The fraction of sp³-hybridized carbons (Fsp3) is 0.125. The second kappa shape index (κ2) is 5.87. The molecule has 0 unspecified atom stereocenters. The second-order valence-corrected chi connectivity index (χ2v) is 6.85. The van der Waals surface area contributed by atoms with Crippen molar-refractivity contribution in [2.75, 3.05) is 7.05 Å². The van der Waals surface area contributed by atoms with Crippen molar-refractivity contribution in [3.8, 4) is 0 Å². The molecule has 0 aliphatic heterocycles. The van der Waals surface area contributed by atoms with Gasteiger partial charge in [0, 0.05) is 34.6 Å². The molecule has 3 rings (SSSR count). The maximum Gasteiger partial charge on any atom is 0.261 e. The molecule has 1 N–H and O–H groups in total. The molecule has 0 saturated heterocycles. The molecule has 0 radical (unpaired) electrons. The Labute approximate surface area is 131 Å². The van der Waals surface area contributed by atoms with Crippen LogP contribution < -0.4 is 5.32 Å². The van der Waals surface area contributed by atoms with Gasteiger partial charge in [0.1, 0.15) is 0 Å². The molecule has 0 saturated carbocycles. The molecule has 3 aromatic rings. The van der Waals surface area contributed by atoms with Gasteiger partial charge in [-0.15, -0.1) is 11.3 Å². The van der Waals surface area contributed by atoms with Crippen LogP contribution >= 0.6 is 23.1 Å². The van der Waals surface area contributed by atoms with Crippen LogP contribution in [-0.4, -0.2) is 17.9 Å². The van der Waals surface area contributed by atoms with Crippen molar-refractivity contribution in [3.63, 3.8) is 0 Å². The van der Waals surface area contributed by atoms with Crippen LogP contribution in [0.5, 0.6) is 0 Å². The zero-order valence-electron chi connectivity index (χ0n) is 11.7. The molecule has 106 valence electrons. The highest BCUT2D eigenvalue weighted by molar-refractivity contribution is 7.99. The number of pyridine rings is 1. The second-order valence-electron chi connectivity index (χ2n) is 4.65. The van der Waals surface area contributed by atoms with Gasteiger partial charge in [0.2, 0.25) is 0 Å². The minimum absolute atomic E-state index is 0.0533. The summed E-state index contributed by atoms with van der Waals surface area (Å²) in [6, 6.07) is 10.3. The monoisotopic (exact) mass is 314 g/mol. The largest absolute Gasteiger partial charge is 0.354 e. The Morgan fingerprint density at radius 1 is 1.24 bits per heavy atom. The van der Waals surface area contributed by atoms with E-state index < -0.39 is 0 Å². The van der Waals surface area contributed by atoms with Gasteiger partial charge in [0.25, 0.3) is 5.91 Å². The molecule has 0 aliphatic rings. The number of aromatic nitrogens is 1. The number of thiophene rings is 1. The van der Waals surface area contributed by atoms with E-state index in [2.05, 4.69) is 41.5 Å². The summed E-state index contributed by atoms with van der Waals surface area (Å²) in [5, 5.41) is 3.74. The van der Waals surface area contributed by atoms with Gasteiger partial charge in [-0.3, -0.25) is 9.78 Å². The van der Waals surface area contributed by atoms with Crippen LogP contribution in [0, 0.1) is 6.92 Å². The van der Waals surface area contributed by atoms with Crippen LogP contribution in [0.4, 0.5) is 0 Å². The molecule has 5 heteroatoms. The summed E-state index contributed by atoms with van der Waals surface area (Å²) in [6.45, 7) is 2.07. The van der Waals surface area contributed by atoms with E-state index >= 15 is 0 Å². The van der Waals surface area contributed by atoms with Crippen molar-refractivity contribution in [1.82, 2.24) is 10.3 Å². The number of hydrogen-bond acceptors (Lipinski definition) is 4. The van der Waals surface area contributed by atoms with Crippen molar-refractivity contribution < 1.29 is 4.79 Å². The molecule has 0 aliphatic carbocycles. The fourth-order valence-electron chi connectivity index (χ4n) is 1.99. The summed E-state index contributed by atoms with van der Waals surface area (Å²) in [5.41, 5.74) is 1.24. The van der Waals surface area contributed by atoms with E-state index in [1.807, 2.05) is 18.5 Å². The van der Waals surface area contributed by atoms with Gasteiger partial charge >= 0.3 is 0 Å². The number of amides is 1. The van der Waals surface area contributed by atoms with E-state index in [0.717, 1.165) is 15.0 Å². The number of benzene rings is 1. The molecule has 0 atom stereocenters. The highest BCUT2D eigenvalue weighted by atomic mass is 32.2. The number of carbonyl (C=O) groups is 1. The van der Waals surface area contributed by atoms with Crippen LogP contribution in [0.25, 0.3) is 10.1 Å². The smallest absolute Gasteiger partial charge is 0.261 e. The highest BCUT2D eigenvalue weighted by Gasteiger charge is 2.12. The van der Waals surface area contributed by atoms with Crippen molar-refractivity contribution in [1.29, 1.82) is 0 Å². The van der Waals surface area contributed by atoms with E-state index in [1.165, 1.54) is 21.8 Å². The van der Waals surface area contributed by atoms with Gasteiger partial charge in [-0.25, -0.2) is 0 Å². The Balaban J connectivity index is 2.00. The van der Waals surface area contributed by atoms with E-state index in [-0.39, 0.29) is 5.91 Å². The lowest BCUT2D eigenvalue weighted by Crippen LogP contribution is -2.15. The number of nitrogens with zero attached hydrogens (tertiary/aromatic N) is 1. The van der Waals surface area contributed by atoms with Gasteiger partial charge in [-0.1, -0.05) is 29.5 Å². The summed E-state index contributed by atoms with van der Waals surface area (Å²) in [6.07, 6.45) is 3.67. The first-order chi connectivity index (χ1) is 10.2. The minimum Gasteiger partial charge on any atom is -0.354 e. The summed E-state index contributed by atoms with van der Waals surface area (Å²) in [7, 11) is 1.65. The van der Waals surface area contributed by atoms with Gasteiger partial charge in [-0.05, 0) is 25.1 Å². The zero-order chi connectivity index (χ0) is 14.8. The molecule has 2 aromatic heterocycles. The molecule has 1 amide bonds. The first-order valence-electron chi connectivity index (χ1n) is 6.51. The first-order valence-corrected chi connectivity index (χ1v) is 8.15. The fourth-order valence-corrected chi connectivity index (χ4v) is 3.97. The van der Waals surface area contributed by atoms with Crippen LogP contribution in [0.3, 0.4) is 0 Å². The van der Waals surface area contributed by atoms with Crippen LogP contribution in [-0.2, 0) is 0 Å². The predicted molar refractivity (Wildman–Crippen MR) is 88.3 cm³/mol. The maximum absolute atomic E-state index is 11.8. The van der Waals surface area contributed by atoms with E-state index in [9.17, 15) is 4.79 Å². The summed E-state index contributed by atoms with van der Waals surface area (Å²) in [5.74, 6) is -0.0533. The van der Waals surface area contributed by atoms with Crippen LogP contribution in [0.15, 0.2) is 52.5 Å². The van der Waals surface area contributed by atoms with Crippen molar-refractivity contribution in [2.24, 2.45) is 0 Å². The zero-order valence-corrected chi connectivity index (χ0v) is 13.3. The first kappa shape index (κ1) is 14.1. The standard InChI is InChI=1S/C16H14N2OS2/c1-10-3-5-11(6-4-10)20-14-8-18-9-15-12(14)7-13(21-15)16(19)17-2/h3-9H,1-2H3,(H,17,19). The lowest BCUT2D eigenvalue weighted by Gasteiger charge is -2.03. The minimum atomic E-state index is -0.0533. The molecule has 0 spiro atoms. The lowest BCUT2D eigenvalue weighted by atomic mass is 10.2. The van der Waals surface area contributed by atoms with Gasteiger partial charge in [-0.2, -0.15) is 0 Å². The van der Waals surface area contributed by atoms with E-state index in [4.69, 9.17) is 0 Å². The molecular weight excluding hydrogens is 300 g/mol. The maximum atomic E-state index is 11.8. The quantitative estimate of drug-likeness (QED) is 0.791. The van der Waals surface area contributed by atoms with Crippen LogP contribution in [0.2, 0.25) is 0 Å². The molecule has 21 heavy (non-hydrogen) atoms. The van der Waals surface area contributed by atoms with Crippen LogP contribution in [0.1, 0.15) is 15.2 Å². The van der Waals surface area contributed by atoms with Crippen molar-refractivity contribution in [3.05, 3.63) is 53.2 Å². The highest BCUT2D eigenvalue weighted by Crippen LogP contribution is 2.36. The SMILES string of the molecule is CNC(=O)c1cc2c(Sc3ccc(C)cc3)cncc2s1. The van der Waals surface area contributed by atoms with E-state index in [1.54, 1.807) is 18.8 Å². The van der Waals surface area contributed by atoms with Crippen molar-refractivity contribution >= 4 is 39.1 Å². The van der Waals surface area contributed by atoms with Crippen molar-refractivity contribution in [2.45, 2.75) is 16.7 Å². The Kier molecular flexibility index (Phi) is 3.94. The average Bonchev–Trinajstić information content (AvgIpc) is 2.94. The molecule has 1 aromatic carbocycles. The predicted octanol–water partition coefficient (Wildman–Crippen LogP) is 4.12. The molecule has 0 fully saturated rings. The third-order valence-corrected chi connectivity index (χ3v) is 5.23. The Morgan fingerprint density at radius 3 is 2.71 bits per heavy atom.